The average molecular weight is 653 g/mol. The maximum absolute atomic E-state index is 13.5. The van der Waals surface area contributed by atoms with Crippen molar-refractivity contribution in [2.24, 2.45) is 0 Å². The quantitative estimate of drug-likeness (QED) is 0.179. The van der Waals surface area contributed by atoms with E-state index in [0.717, 1.165) is 11.2 Å². The largest absolute Gasteiger partial charge is 0.493 e. The van der Waals surface area contributed by atoms with Crippen LogP contribution in [-0.2, 0) is 28.9 Å². The molecular formula is C28H32N2O14S. The van der Waals surface area contributed by atoms with Crippen molar-refractivity contribution in [2.45, 2.75) is 42.9 Å². The van der Waals surface area contributed by atoms with Crippen LogP contribution in [0, 0.1) is 0 Å². The molecule has 6 atom stereocenters. The van der Waals surface area contributed by atoms with Crippen molar-refractivity contribution in [1.29, 1.82) is 0 Å². The van der Waals surface area contributed by atoms with Gasteiger partial charge in [0, 0.05) is 6.26 Å². The van der Waals surface area contributed by atoms with Gasteiger partial charge in [-0.1, -0.05) is 12.1 Å². The second kappa shape index (κ2) is 13.5. The average Bonchev–Trinajstić information content (AvgIpc) is 3.23. The number of methoxy groups -OCH3 is 1. The summed E-state index contributed by atoms with van der Waals surface area (Å²) in [6, 6.07) is 8.51. The van der Waals surface area contributed by atoms with E-state index in [2.05, 4.69) is 5.32 Å². The molecule has 3 amide bonds. The van der Waals surface area contributed by atoms with Crippen LogP contribution in [0.5, 0.6) is 11.5 Å². The number of ether oxygens (including phenoxy) is 4. The molecule has 2 heterocycles. The van der Waals surface area contributed by atoms with Crippen LogP contribution >= 0.6 is 0 Å². The minimum absolute atomic E-state index is 0.0943. The fourth-order valence-electron chi connectivity index (χ4n) is 4.95. The number of carboxylic acids is 1. The van der Waals surface area contributed by atoms with E-state index in [0.29, 0.717) is 5.75 Å². The summed E-state index contributed by atoms with van der Waals surface area (Å²) in [5, 5.41) is 40.0. The van der Waals surface area contributed by atoms with Crippen molar-refractivity contribution in [2.75, 3.05) is 38.4 Å². The lowest BCUT2D eigenvalue weighted by Gasteiger charge is -2.38. The predicted octanol–water partition coefficient (Wildman–Crippen LogP) is -0.677. The molecule has 16 nitrogen and oxygen atoms in total. The highest BCUT2D eigenvalue weighted by Crippen LogP contribution is 2.36. The summed E-state index contributed by atoms with van der Waals surface area (Å²) < 4.78 is 46.7. The van der Waals surface area contributed by atoms with Crippen LogP contribution in [0.2, 0.25) is 0 Å². The number of aliphatic carboxylic acids is 1. The number of nitrogens with one attached hydrogen (secondary N) is 1. The summed E-state index contributed by atoms with van der Waals surface area (Å²) in [5.74, 6) is -3.58. The Morgan fingerprint density at radius 1 is 1.04 bits per heavy atom. The first-order valence-electron chi connectivity index (χ1n) is 13.5. The van der Waals surface area contributed by atoms with Gasteiger partial charge in [0.05, 0.1) is 37.1 Å². The topological polar surface area (TPSA) is 236 Å². The van der Waals surface area contributed by atoms with Gasteiger partial charge in [0.2, 0.25) is 0 Å². The van der Waals surface area contributed by atoms with E-state index in [9.17, 15) is 42.9 Å². The molecule has 0 spiro atoms. The molecule has 17 heteroatoms. The molecule has 1 fully saturated rings. The number of fused-ring (bicyclic) bond motifs is 1. The molecule has 4 rings (SSSR count). The summed E-state index contributed by atoms with van der Waals surface area (Å²) in [4.78, 5) is 51.6. The van der Waals surface area contributed by atoms with Crippen LogP contribution < -0.4 is 14.8 Å². The van der Waals surface area contributed by atoms with Crippen molar-refractivity contribution in [1.82, 2.24) is 4.90 Å². The molecule has 2 aromatic rings. The first-order chi connectivity index (χ1) is 21.2. The van der Waals surface area contributed by atoms with Crippen molar-refractivity contribution in [3.63, 3.8) is 0 Å². The molecule has 0 aliphatic carbocycles. The van der Waals surface area contributed by atoms with Gasteiger partial charge < -0.3 is 44.7 Å². The number of nitrogens with zero attached hydrogens (tertiary/aromatic N) is 1. The standard InChI is InChI=1S/C28H32N2O14S/c1-4-42-17-10-13(8-9-16(17)41-2)18(45(3,39)40)11-30-25(35)14-6-5-7-15(20(14)26(30)36)29-19(31)12-43-28-23(34)21(32)22(33)24(44-28)27(37)38/h5-10,18,21-24,28,32-34H,4,11-12H2,1-3H3,(H,29,31)(H,37,38)/t18-,21+,22+,23-,24+,28-/m1/s1. The minimum Gasteiger partial charge on any atom is -0.493 e. The Morgan fingerprint density at radius 3 is 2.38 bits per heavy atom. The zero-order valence-electron chi connectivity index (χ0n) is 24.3. The number of aliphatic hydroxyl groups is 3. The summed E-state index contributed by atoms with van der Waals surface area (Å²) >= 11 is 0. The van der Waals surface area contributed by atoms with Crippen molar-refractivity contribution in [3.05, 3.63) is 53.1 Å². The van der Waals surface area contributed by atoms with Crippen LogP contribution in [0.15, 0.2) is 36.4 Å². The number of sulfone groups is 1. The van der Waals surface area contributed by atoms with Crippen molar-refractivity contribution < 1.29 is 67.0 Å². The third-order valence-corrected chi connectivity index (χ3v) is 8.64. The molecule has 2 aromatic carbocycles. The van der Waals surface area contributed by atoms with Crippen LogP contribution in [0.25, 0.3) is 0 Å². The lowest BCUT2D eigenvalue weighted by atomic mass is 9.99. The number of carbonyl (C=O) groups excluding carboxylic acids is 3. The molecule has 1 saturated heterocycles. The fourth-order valence-corrected chi connectivity index (χ4v) is 6.01. The Labute approximate surface area is 257 Å². The molecule has 5 N–H and O–H groups in total. The Hall–Kier alpha value is -4.13. The number of anilines is 1. The van der Waals surface area contributed by atoms with E-state index >= 15 is 0 Å². The maximum Gasteiger partial charge on any atom is 0.335 e. The fraction of sp³-hybridized carbons (Fsp3) is 0.429. The van der Waals surface area contributed by atoms with E-state index in [1.807, 2.05) is 0 Å². The van der Waals surface area contributed by atoms with Gasteiger partial charge in [0.15, 0.2) is 33.7 Å². The number of carbonyl (C=O) groups is 4. The Kier molecular flexibility index (Phi) is 10.1. The van der Waals surface area contributed by atoms with Gasteiger partial charge in [-0.2, -0.15) is 0 Å². The molecule has 45 heavy (non-hydrogen) atoms. The van der Waals surface area contributed by atoms with E-state index in [4.69, 9.17) is 24.1 Å². The first kappa shape index (κ1) is 33.8. The number of aliphatic hydroxyl groups excluding tert-OH is 3. The lowest BCUT2D eigenvalue weighted by molar-refractivity contribution is -0.292. The number of imide groups is 1. The van der Waals surface area contributed by atoms with E-state index < -0.39 is 82.6 Å². The van der Waals surface area contributed by atoms with Gasteiger partial charge in [-0.3, -0.25) is 19.3 Å². The number of rotatable bonds is 12. The lowest BCUT2D eigenvalue weighted by Crippen LogP contribution is -2.60. The van der Waals surface area contributed by atoms with Crippen molar-refractivity contribution in [3.8, 4) is 11.5 Å². The molecule has 0 unspecified atom stereocenters. The minimum atomic E-state index is -3.89. The highest BCUT2D eigenvalue weighted by Gasteiger charge is 2.48. The monoisotopic (exact) mass is 652 g/mol. The first-order valence-corrected chi connectivity index (χ1v) is 15.5. The predicted molar refractivity (Wildman–Crippen MR) is 152 cm³/mol. The summed E-state index contributed by atoms with van der Waals surface area (Å²) in [5.41, 5.74) is -0.154. The van der Waals surface area contributed by atoms with Gasteiger partial charge in [0.25, 0.3) is 17.7 Å². The van der Waals surface area contributed by atoms with E-state index in [1.165, 1.54) is 43.5 Å². The molecule has 0 bridgehead atoms. The number of amides is 3. The highest BCUT2D eigenvalue weighted by atomic mass is 32.2. The number of hydrogen-bond acceptors (Lipinski definition) is 13. The van der Waals surface area contributed by atoms with Gasteiger partial charge in [-0.25, -0.2) is 13.2 Å². The maximum atomic E-state index is 13.5. The van der Waals surface area contributed by atoms with Gasteiger partial charge in [-0.05, 0) is 36.8 Å². The van der Waals surface area contributed by atoms with Crippen LogP contribution in [-0.4, -0.2) is 121 Å². The molecule has 0 aromatic heterocycles. The van der Waals surface area contributed by atoms with Gasteiger partial charge in [0.1, 0.15) is 30.2 Å². The van der Waals surface area contributed by atoms with Crippen molar-refractivity contribution >= 4 is 39.2 Å². The second-order valence-electron chi connectivity index (χ2n) is 10.2. The molecule has 0 radical (unpaired) electrons. The second-order valence-corrected chi connectivity index (χ2v) is 12.4. The molecule has 2 aliphatic heterocycles. The molecule has 2 aliphatic rings. The zero-order chi connectivity index (χ0) is 33.2. The Morgan fingerprint density at radius 2 is 1.76 bits per heavy atom. The van der Waals surface area contributed by atoms with E-state index in [-0.39, 0.29) is 34.7 Å². The zero-order valence-corrected chi connectivity index (χ0v) is 25.1. The SMILES string of the molecule is CCOc1cc([C@@H](CN2C(=O)c3cccc(NC(=O)CO[C@@H]4O[C@H](C(=O)O)[C@@H](O)[C@H](O)[C@H]4O)c3C2=O)S(C)(=O)=O)ccc1OC. The van der Waals surface area contributed by atoms with Gasteiger partial charge in [-0.15, -0.1) is 0 Å². The third-order valence-electron chi connectivity index (χ3n) is 7.19. The Bertz CT molecular complexity index is 1600. The number of hydrogen-bond donors (Lipinski definition) is 5. The molecular weight excluding hydrogens is 620 g/mol. The normalized spacial score (nSPS) is 23.8. The molecule has 244 valence electrons. The van der Waals surface area contributed by atoms with E-state index in [1.54, 1.807) is 6.92 Å². The third kappa shape index (κ3) is 6.92. The number of carboxylic acid groups (broad SMARTS) is 1. The van der Waals surface area contributed by atoms with Crippen LogP contribution in [0.4, 0.5) is 5.69 Å². The van der Waals surface area contributed by atoms with Gasteiger partial charge >= 0.3 is 5.97 Å². The highest BCUT2D eigenvalue weighted by molar-refractivity contribution is 7.91. The smallest absolute Gasteiger partial charge is 0.335 e. The summed E-state index contributed by atoms with van der Waals surface area (Å²) in [7, 11) is -2.47. The van der Waals surface area contributed by atoms with Crippen LogP contribution in [0.1, 0.15) is 38.5 Å². The van der Waals surface area contributed by atoms with Crippen LogP contribution in [0.3, 0.4) is 0 Å². The summed E-state index contributed by atoms with van der Waals surface area (Å²) in [6.45, 7) is 0.597. The molecule has 0 saturated carbocycles. The number of benzene rings is 2. The Balaban J connectivity index is 1.52. The summed E-state index contributed by atoms with van der Waals surface area (Å²) in [6.07, 6.45) is -8.57.